The molecule has 0 radical (unpaired) electrons. The van der Waals surface area contributed by atoms with E-state index < -0.39 is 0 Å². The first-order chi connectivity index (χ1) is 5.54. The number of nitrogens with zero attached hydrogens (tertiary/aromatic N) is 1. The van der Waals surface area contributed by atoms with Gasteiger partial charge in [-0.25, -0.2) is 0 Å². The van der Waals surface area contributed by atoms with E-state index in [0.717, 1.165) is 5.69 Å². The highest BCUT2D eigenvalue weighted by molar-refractivity contribution is 7.98. The summed E-state index contributed by atoms with van der Waals surface area (Å²) < 4.78 is 0. The fraction of sp³-hybridized carbons (Fsp3) is 0.500. The highest BCUT2D eigenvalue weighted by Gasteiger charge is 2.14. The lowest BCUT2D eigenvalue weighted by molar-refractivity contribution is 0.568. The molecular weight excluding hydrogens is 166 g/mol. The second-order valence-electron chi connectivity index (χ2n) is 3.83. The van der Waals surface area contributed by atoms with Crippen molar-refractivity contribution in [1.82, 2.24) is 4.98 Å². The number of hydrogen-bond donors (Lipinski definition) is 0. The highest BCUT2D eigenvalue weighted by atomic mass is 32.2. The van der Waals surface area contributed by atoms with E-state index in [2.05, 4.69) is 44.1 Å². The molecule has 0 aliphatic heterocycles. The summed E-state index contributed by atoms with van der Waals surface area (Å²) in [6.07, 6.45) is 4.00. The second kappa shape index (κ2) is 3.48. The van der Waals surface area contributed by atoms with Crippen LogP contribution >= 0.6 is 11.8 Å². The topological polar surface area (TPSA) is 12.9 Å². The molecule has 0 atom stereocenters. The van der Waals surface area contributed by atoms with Crippen LogP contribution < -0.4 is 0 Å². The molecule has 1 aromatic heterocycles. The number of aromatic nitrogens is 1. The third-order valence-electron chi connectivity index (χ3n) is 1.74. The van der Waals surface area contributed by atoms with Crippen LogP contribution in [0.1, 0.15) is 26.5 Å². The van der Waals surface area contributed by atoms with Crippen molar-refractivity contribution >= 4 is 11.8 Å². The van der Waals surface area contributed by atoms with Crippen LogP contribution in [0.4, 0.5) is 0 Å². The Morgan fingerprint density at radius 3 is 2.25 bits per heavy atom. The van der Waals surface area contributed by atoms with Gasteiger partial charge in [0.2, 0.25) is 0 Å². The molecule has 0 aliphatic rings. The number of rotatable bonds is 1. The van der Waals surface area contributed by atoms with Crippen molar-refractivity contribution in [3.63, 3.8) is 0 Å². The van der Waals surface area contributed by atoms with E-state index in [-0.39, 0.29) is 5.41 Å². The van der Waals surface area contributed by atoms with Crippen LogP contribution in [-0.2, 0) is 5.41 Å². The minimum absolute atomic E-state index is 0.164. The summed E-state index contributed by atoms with van der Waals surface area (Å²) in [5, 5.41) is 0. The van der Waals surface area contributed by atoms with Crippen molar-refractivity contribution in [2.45, 2.75) is 31.1 Å². The van der Waals surface area contributed by atoms with Gasteiger partial charge in [-0.3, -0.25) is 4.98 Å². The third-order valence-corrected chi connectivity index (χ3v) is 2.45. The summed E-state index contributed by atoms with van der Waals surface area (Å²) >= 11 is 1.73. The lowest BCUT2D eigenvalue weighted by Gasteiger charge is -2.17. The Balaban J connectivity index is 2.93. The Hall–Kier alpha value is -0.500. The molecule has 0 saturated heterocycles. The molecule has 0 bridgehead atoms. The summed E-state index contributed by atoms with van der Waals surface area (Å²) in [5.74, 6) is 0. The van der Waals surface area contributed by atoms with Gasteiger partial charge in [0, 0.05) is 22.2 Å². The maximum absolute atomic E-state index is 4.40. The van der Waals surface area contributed by atoms with E-state index in [0.29, 0.717) is 0 Å². The highest BCUT2D eigenvalue weighted by Crippen LogP contribution is 2.21. The lowest BCUT2D eigenvalue weighted by atomic mass is 9.92. The first-order valence-corrected chi connectivity index (χ1v) is 5.27. The van der Waals surface area contributed by atoms with Crippen LogP contribution in [0.25, 0.3) is 0 Å². The van der Waals surface area contributed by atoms with Crippen molar-refractivity contribution in [2.75, 3.05) is 6.26 Å². The Kier molecular flexibility index (Phi) is 2.78. The summed E-state index contributed by atoms with van der Waals surface area (Å²) in [4.78, 5) is 5.62. The van der Waals surface area contributed by atoms with Gasteiger partial charge in [-0.1, -0.05) is 20.8 Å². The van der Waals surface area contributed by atoms with Crippen molar-refractivity contribution in [2.24, 2.45) is 0 Å². The maximum Gasteiger partial charge on any atom is 0.0457 e. The monoisotopic (exact) mass is 181 g/mol. The molecule has 0 aromatic carbocycles. The van der Waals surface area contributed by atoms with Gasteiger partial charge in [-0.2, -0.15) is 0 Å². The zero-order chi connectivity index (χ0) is 9.19. The van der Waals surface area contributed by atoms with E-state index in [9.17, 15) is 0 Å². The average Bonchev–Trinajstić information content (AvgIpc) is 2.03. The molecular formula is C10H15NS. The van der Waals surface area contributed by atoms with Crippen LogP contribution in [-0.4, -0.2) is 11.2 Å². The Morgan fingerprint density at radius 1 is 1.25 bits per heavy atom. The van der Waals surface area contributed by atoms with Gasteiger partial charge < -0.3 is 0 Å². The predicted molar refractivity (Wildman–Crippen MR) is 54.7 cm³/mol. The van der Waals surface area contributed by atoms with Gasteiger partial charge in [-0.05, 0) is 18.4 Å². The van der Waals surface area contributed by atoms with E-state index in [1.165, 1.54) is 4.90 Å². The predicted octanol–water partition coefficient (Wildman–Crippen LogP) is 3.10. The smallest absolute Gasteiger partial charge is 0.0457 e. The molecule has 1 heterocycles. The van der Waals surface area contributed by atoms with Crippen LogP contribution in [0.15, 0.2) is 23.2 Å². The quantitative estimate of drug-likeness (QED) is 0.617. The van der Waals surface area contributed by atoms with Crippen molar-refractivity contribution in [3.05, 3.63) is 24.0 Å². The van der Waals surface area contributed by atoms with Gasteiger partial charge in [0.05, 0.1) is 0 Å². The van der Waals surface area contributed by atoms with Crippen LogP contribution in [0.3, 0.4) is 0 Å². The number of hydrogen-bond acceptors (Lipinski definition) is 2. The molecule has 0 saturated carbocycles. The molecule has 0 aliphatic carbocycles. The Bertz CT molecular complexity index is 246. The SMILES string of the molecule is CSc1ccc(C(C)(C)C)nc1. The molecule has 0 spiro atoms. The molecule has 1 aromatic rings. The van der Waals surface area contributed by atoms with Crippen molar-refractivity contribution in [3.8, 4) is 0 Å². The van der Waals surface area contributed by atoms with Crippen molar-refractivity contribution in [1.29, 1.82) is 0 Å². The number of thioether (sulfide) groups is 1. The minimum Gasteiger partial charge on any atom is -0.260 e. The van der Waals surface area contributed by atoms with Gasteiger partial charge in [-0.15, -0.1) is 11.8 Å². The molecule has 12 heavy (non-hydrogen) atoms. The summed E-state index contributed by atoms with van der Waals surface area (Å²) in [6.45, 7) is 6.52. The molecule has 0 N–H and O–H groups in total. The lowest BCUT2D eigenvalue weighted by Crippen LogP contribution is -2.12. The zero-order valence-electron chi connectivity index (χ0n) is 8.09. The van der Waals surface area contributed by atoms with E-state index in [4.69, 9.17) is 0 Å². The standard InChI is InChI=1S/C10H15NS/c1-10(2,3)9-6-5-8(12-4)7-11-9/h5-7H,1-4H3. The van der Waals surface area contributed by atoms with Gasteiger partial charge in [0.1, 0.15) is 0 Å². The molecule has 0 fully saturated rings. The first kappa shape index (κ1) is 9.59. The largest absolute Gasteiger partial charge is 0.260 e. The maximum atomic E-state index is 4.40. The summed E-state index contributed by atoms with van der Waals surface area (Å²) in [5.41, 5.74) is 1.32. The van der Waals surface area contributed by atoms with Crippen molar-refractivity contribution < 1.29 is 0 Å². The Morgan fingerprint density at radius 2 is 1.92 bits per heavy atom. The van der Waals surface area contributed by atoms with Gasteiger partial charge in [0.25, 0.3) is 0 Å². The normalized spacial score (nSPS) is 11.7. The fourth-order valence-corrected chi connectivity index (χ4v) is 1.31. The van der Waals surface area contributed by atoms with Gasteiger partial charge >= 0.3 is 0 Å². The second-order valence-corrected chi connectivity index (χ2v) is 4.71. The average molecular weight is 181 g/mol. The molecule has 1 nitrogen and oxygen atoms in total. The van der Waals surface area contributed by atoms with Crippen LogP contribution in [0, 0.1) is 0 Å². The molecule has 0 unspecified atom stereocenters. The first-order valence-electron chi connectivity index (χ1n) is 4.04. The third kappa shape index (κ3) is 2.24. The fourth-order valence-electron chi connectivity index (χ4n) is 0.945. The summed E-state index contributed by atoms with van der Waals surface area (Å²) in [6, 6.07) is 4.23. The van der Waals surface area contributed by atoms with E-state index in [1.807, 2.05) is 6.20 Å². The van der Waals surface area contributed by atoms with E-state index >= 15 is 0 Å². The van der Waals surface area contributed by atoms with Crippen LogP contribution in [0.2, 0.25) is 0 Å². The van der Waals surface area contributed by atoms with Gasteiger partial charge in [0.15, 0.2) is 0 Å². The molecule has 0 amide bonds. The Labute approximate surface area is 78.6 Å². The zero-order valence-corrected chi connectivity index (χ0v) is 8.90. The number of pyridine rings is 1. The van der Waals surface area contributed by atoms with E-state index in [1.54, 1.807) is 11.8 Å². The molecule has 1 rings (SSSR count). The minimum atomic E-state index is 0.164. The molecule has 2 heteroatoms. The molecule has 66 valence electrons. The summed E-state index contributed by atoms with van der Waals surface area (Å²) in [7, 11) is 0. The van der Waals surface area contributed by atoms with Crippen LogP contribution in [0.5, 0.6) is 0 Å².